The van der Waals surface area contributed by atoms with E-state index in [2.05, 4.69) is 4.84 Å². The highest BCUT2D eigenvalue weighted by atomic mass is 35.5. The van der Waals surface area contributed by atoms with E-state index in [1.807, 2.05) is 0 Å². The Morgan fingerprint density at radius 3 is 2.14 bits per heavy atom. The molecule has 1 aliphatic heterocycles. The average Bonchev–Trinajstić information content (AvgIpc) is 3.16. The minimum Gasteiger partial charge on any atom is -0.294 e. The van der Waals surface area contributed by atoms with Crippen molar-refractivity contribution in [1.82, 2.24) is 5.06 Å². The molecule has 18 heteroatoms. The molecule has 1 heterocycles. The van der Waals surface area contributed by atoms with Gasteiger partial charge in [-0.15, -0.1) is 0 Å². The van der Waals surface area contributed by atoms with Crippen LogP contribution < -0.4 is 0 Å². The molecule has 0 N–H and O–H groups in total. The molecule has 0 aromatic heterocycles. The van der Waals surface area contributed by atoms with Crippen LogP contribution in [0.1, 0.15) is 45.0 Å². The van der Waals surface area contributed by atoms with Crippen LogP contribution in [-0.2, 0) is 22.2 Å². The normalized spacial score (nSPS) is 17.8. The van der Waals surface area contributed by atoms with Crippen molar-refractivity contribution in [2.24, 2.45) is 5.92 Å². The first-order valence-corrected chi connectivity index (χ1v) is 12.4. The topological polar surface area (TPSA) is 46.6 Å². The van der Waals surface area contributed by atoms with Crippen LogP contribution in [0.3, 0.4) is 0 Å². The van der Waals surface area contributed by atoms with E-state index in [1.54, 1.807) is 0 Å². The van der Waals surface area contributed by atoms with Gasteiger partial charge in [-0.25, -0.2) is 9.45 Å². The van der Waals surface area contributed by atoms with E-state index in [0.29, 0.717) is 24.3 Å². The van der Waals surface area contributed by atoms with Gasteiger partial charge in [-0.05, 0) is 35.4 Å². The third-order valence-corrected chi connectivity index (χ3v) is 6.31. The number of carbonyl (C=O) groups excluding carboxylic acids is 2. The third-order valence-electron chi connectivity index (χ3n) is 6.09. The minimum atomic E-state index is -5.40. The maximum atomic E-state index is 15.1. The number of benzene rings is 2. The lowest BCUT2D eigenvalue weighted by Crippen LogP contribution is -2.35. The van der Waals surface area contributed by atoms with Crippen molar-refractivity contribution < 1.29 is 71.5 Å². The highest BCUT2D eigenvalue weighted by molar-refractivity contribution is 6.30. The molecule has 44 heavy (non-hydrogen) atoms. The van der Waals surface area contributed by atoms with Gasteiger partial charge in [0.2, 0.25) is 0 Å². The van der Waals surface area contributed by atoms with Crippen LogP contribution in [0, 0.1) is 5.92 Å². The Balaban J connectivity index is 1.96. The van der Waals surface area contributed by atoms with E-state index < -0.39 is 113 Å². The van der Waals surface area contributed by atoms with E-state index in [0.717, 1.165) is 6.07 Å². The van der Waals surface area contributed by atoms with Gasteiger partial charge in [0.1, 0.15) is 18.3 Å². The van der Waals surface area contributed by atoms with Gasteiger partial charge in [-0.2, -0.15) is 52.7 Å². The molecule has 0 saturated carbocycles. The van der Waals surface area contributed by atoms with Crippen LogP contribution >= 0.6 is 11.6 Å². The lowest BCUT2D eigenvalue weighted by molar-refractivity contribution is -0.214. The first-order chi connectivity index (χ1) is 19.9. The number of ketones is 1. The second-order valence-corrected chi connectivity index (χ2v) is 10.0. The fraction of sp³-hybridized carbons (Fsp3) is 0.385. The molecule has 0 bridgehead atoms. The van der Waals surface area contributed by atoms with Crippen molar-refractivity contribution in [3.05, 3.63) is 75.3 Å². The molecule has 0 spiro atoms. The number of hydrogen-bond donors (Lipinski definition) is 0. The second-order valence-electron chi connectivity index (χ2n) is 9.59. The molecule has 1 amide bonds. The van der Waals surface area contributed by atoms with Crippen molar-refractivity contribution in [1.29, 1.82) is 0 Å². The predicted molar refractivity (Wildman–Crippen MR) is 127 cm³/mol. The Morgan fingerprint density at radius 1 is 0.955 bits per heavy atom. The summed E-state index contributed by atoms with van der Waals surface area (Å²) < 4.78 is 174. The zero-order valence-corrected chi connectivity index (χ0v) is 22.2. The van der Waals surface area contributed by atoms with Crippen molar-refractivity contribution >= 4 is 29.1 Å². The van der Waals surface area contributed by atoms with Crippen LogP contribution in [0.15, 0.2) is 42.5 Å². The summed E-state index contributed by atoms with van der Waals surface area (Å²) in [6.07, 6.45) is -23.4. The van der Waals surface area contributed by atoms with Gasteiger partial charge in [-0.1, -0.05) is 29.8 Å². The molecule has 2 atom stereocenters. The summed E-state index contributed by atoms with van der Waals surface area (Å²) in [5.74, 6) is -9.18. The van der Waals surface area contributed by atoms with Crippen molar-refractivity contribution in [2.75, 3.05) is 13.2 Å². The largest absolute Gasteiger partial charge is 0.417 e. The molecule has 0 aliphatic carbocycles. The van der Waals surface area contributed by atoms with Crippen molar-refractivity contribution in [2.45, 2.75) is 43.5 Å². The first kappa shape index (κ1) is 35.1. The zero-order chi connectivity index (χ0) is 33.4. The average molecular weight is 674 g/mol. The third kappa shape index (κ3) is 9.33. The van der Waals surface area contributed by atoms with Gasteiger partial charge in [0.15, 0.2) is 5.78 Å². The molecule has 242 valence electrons. The van der Waals surface area contributed by atoms with Crippen LogP contribution in [0.4, 0.5) is 57.1 Å². The maximum absolute atomic E-state index is 15.1. The number of halogens is 14. The highest BCUT2D eigenvalue weighted by Gasteiger charge is 2.44. The lowest BCUT2D eigenvalue weighted by atomic mass is 9.92. The SMILES string of the molecule is O=C(C[C@@H]1CON(CC(F)(F)F)C1=O)c1ccc(/C(F)=C/C(c2cc(Cl)cc(CC(F)(F)F)c2)C(F)(F)F)cc1C(F)(F)F. The number of allylic oxidation sites excluding steroid dienone is 1. The van der Waals surface area contributed by atoms with Gasteiger partial charge in [0.05, 0.1) is 24.5 Å². The van der Waals surface area contributed by atoms with E-state index in [9.17, 15) is 62.3 Å². The van der Waals surface area contributed by atoms with Crippen molar-refractivity contribution in [3.63, 3.8) is 0 Å². The van der Waals surface area contributed by atoms with Crippen LogP contribution in [0.25, 0.3) is 5.83 Å². The molecular formula is C26H17ClF13NO3. The molecule has 1 unspecified atom stereocenters. The Labute approximate surface area is 244 Å². The zero-order valence-electron chi connectivity index (χ0n) is 21.5. The number of hydroxylamine groups is 2. The summed E-state index contributed by atoms with van der Waals surface area (Å²) in [6, 6.07) is 2.73. The number of alkyl halides is 12. The summed E-state index contributed by atoms with van der Waals surface area (Å²) in [7, 11) is 0. The predicted octanol–water partition coefficient (Wildman–Crippen LogP) is 8.65. The van der Waals surface area contributed by atoms with E-state index in [-0.39, 0.29) is 17.2 Å². The van der Waals surface area contributed by atoms with Gasteiger partial charge < -0.3 is 0 Å². The first-order valence-electron chi connectivity index (χ1n) is 12.0. The summed E-state index contributed by atoms with van der Waals surface area (Å²) in [5, 5.41) is -0.658. The highest BCUT2D eigenvalue weighted by Crippen LogP contribution is 2.41. The smallest absolute Gasteiger partial charge is 0.294 e. The summed E-state index contributed by atoms with van der Waals surface area (Å²) >= 11 is 5.66. The standard InChI is InChI=1S/C26H17ClF13NO3/c27-16-4-12(9-23(29,30)31)3-14(5-16)18(25(35,36)37)8-20(28)13-1-2-17(19(6-13)26(38,39)40)21(42)7-15-10-44-41(22(15)43)11-24(32,33)34/h1-6,8,15,18H,7,9-11H2/b20-8-/t15-,18?/m1/s1. The lowest BCUT2D eigenvalue weighted by Gasteiger charge is -2.20. The fourth-order valence-corrected chi connectivity index (χ4v) is 4.53. The molecule has 3 rings (SSSR count). The number of hydrogen-bond acceptors (Lipinski definition) is 3. The summed E-state index contributed by atoms with van der Waals surface area (Å²) in [4.78, 5) is 29.3. The Morgan fingerprint density at radius 2 is 1.59 bits per heavy atom. The quantitative estimate of drug-likeness (QED) is 0.208. The molecule has 1 fully saturated rings. The Kier molecular flexibility index (Phi) is 10.0. The number of carbonyl (C=O) groups is 2. The number of amides is 1. The fourth-order valence-electron chi connectivity index (χ4n) is 4.27. The van der Waals surface area contributed by atoms with E-state index in [4.69, 9.17) is 11.6 Å². The Hall–Kier alpha value is -3.34. The summed E-state index contributed by atoms with van der Waals surface area (Å²) in [5.41, 5.74) is -5.73. The monoisotopic (exact) mass is 673 g/mol. The van der Waals surface area contributed by atoms with Crippen LogP contribution in [0.5, 0.6) is 0 Å². The Bertz CT molecular complexity index is 1430. The van der Waals surface area contributed by atoms with Crippen molar-refractivity contribution in [3.8, 4) is 0 Å². The van der Waals surface area contributed by atoms with Gasteiger partial charge in [0.25, 0.3) is 5.91 Å². The molecule has 2 aromatic rings. The molecule has 0 radical (unpaired) electrons. The second kappa shape index (κ2) is 12.6. The van der Waals surface area contributed by atoms with Gasteiger partial charge in [-0.3, -0.25) is 14.4 Å². The van der Waals surface area contributed by atoms with Gasteiger partial charge in [0, 0.05) is 22.6 Å². The number of rotatable bonds is 8. The molecule has 1 aliphatic rings. The maximum Gasteiger partial charge on any atom is 0.417 e. The van der Waals surface area contributed by atoms with E-state index in [1.165, 1.54) is 0 Å². The number of nitrogens with zero attached hydrogens (tertiary/aromatic N) is 1. The molecule has 1 saturated heterocycles. The molecule has 4 nitrogen and oxygen atoms in total. The summed E-state index contributed by atoms with van der Waals surface area (Å²) in [6.45, 7) is -2.60. The molecular weight excluding hydrogens is 657 g/mol. The minimum absolute atomic E-state index is 0.00246. The van der Waals surface area contributed by atoms with Gasteiger partial charge >= 0.3 is 24.7 Å². The van der Waals surface area contributed by atoms with E-state index >= 15 is 4.39 Å². The number of Topliss-reactive ketones (excluding diaryl/α,β-unsaturated/α-hetero) is 1. The van der Waals surface area contributed by atoms with Crippen LogP contribution in [0.2, 0.25) is 5.02 Å². The van der Waals surface area contributed by atoms with Crippen LogP contribution in [-0.4, -0.2) is 48.4 Å². The molecule has 2 aromatic carbocycles.